The lowest BCUT2D eigenvalue weighted by Gasteiger charge is -2.49. The number of rotatable bonds is 12. The topological polar surface area (TPSA) is 18.5 Å². The van der Waals surface area contributed by atoms with Crippen molar-refractivity contribution in [2.24, 2.45) is 0 Å². The molecule has 1 saturated heterocycles. The van der Waals surface area contributed by atoms with Crippen LogP contribution in [0.5, 0.6) is 0 Å². The summed E-state index contributed by atoms with van der Waals surface area (Å²) in [5.41, 5.74) is 8.55. The first-order valence-corrected chi connectivity index (χ1v) is 44.9. The second-order valence-corrected chi connectivity index (χ2v) is 62.6. The van der Waals surface area contributed by atoms with Crippen LogP contribution in [0.25, 0.3) is 0 Å². The van der Waals surface area contributed by atoms with Crippen molar-refractivity contribution in [3.63, 3.8) is 0 Å². The second-order valence-electron chi connectivity index (χ2n) is 25.1. The Morgan fingerprint density at radius 3 is 0.981 bits per heavy atom. The maximum absolute atomic E-state index is 7.48. The zero-order chi connectivity index (χ0) is 41.7. The number of aryl methyl sites for hydroxylation is 3. The van der Waals surface area contributed by atoms with E-state index in [4.69, 9.17) is 9.31 Å². The fourth-order valence-corrected chi connectivity index (χ4v) is 56.1. The van der Waals surface area contributed by atoms with Gasteiger partial charge in [0.1, 0.15) is 0 Å². The highest BCUT2D eigenvalue weighted by Gasteiger charge is 2.63. The molecule has 2 aromatic carbocycles. The van der Waals surface area contributed by atoms with Crippen LogP contribution in [0.1, 0.15) is 76.6 Å². The van der Waals surface area contributed by atoms with E-state index in [1.807, 2.05) is 0 Å². The van der Waals surface area contributed by atoms with Gasteiger partial charge in [-0.25, -0.2) is 0 Å². The maximum Gasteiger partial charge on any atom is 0.444 e. The van der Waals surface area contributed by atoms with Gasteiger partial charge in [0.25, 0.3) is 0 Å². The quantitative estimate of drug-likeness (QED) is 0.198. The molecule has 10 heteroatoms. The van der Waals surface area contributed by atoms with E-state index in [0.29, 0.717) is 15.5 Å². The standard InChI is InChI=1S/C43H85BO2Si7/c1-31-27-32(2)37(33(3)28-31)53(26,44-45-42(4,5)43(6,7)46-44)38-35(40(49(14,15)16)50(17,18)19)29-34(39(47(8,9)10)48(11,12)13)30-36(38)41(51(20,21)22)52(23,24)25/h27-30,39-41H,1-26H3/t53-/m1/s1. The highest BCUT2D eigenvalue weighted by Crippen LogP contribution is 2.47. The van der Waals surface area contributed by atoms with Crippen molar-refractivity contribution in [1.82, 2.24) is 0 Å². The Morgan fingerprint density at radius 2 is 0.717 bits per heavy atom. The molecule has 300 valence electrons. The molecular weight excluding hydrogens is 756 g/mol. The van der Waals surface area contributed by atoms with Crippen LogP contribution in [0.3, 0.4) is 0 Å². The van der Waals surface area contributed by atoms with Crippen molar-refractivity contribution >= 4 is 73.5 Å². The van der Waals surface area contributed by atoms with Crippen molar-refractivity contribution in [2.45, 2.75) is 200 Å². The van der Waals surface area contributed by atoms with E-state index in [-0.39, 0.29) is 6.71 Å². The normalized spacial score (nSPS) is 18.8. The van der Waals surface area contributed by atoms with Gasteiger partial charge in [-0.05, 0) is 79.9 Å². The predicted octanol–water partition coefficient (Wildman–Crippen LogP) is 12.5. The summed E-state index contributed by atoms with van der Waals surface area (Å²) in [5, 5.41) is 5.18. The van der Waals surface area contributed by atoms with Crippen molar-refractivity contribution in [2.75, 3.05) is 0 Å². The molecule has 1 atom stereocenters. The van der Waals surface area contributed by atoms with Crippen molar-refractivity contribution in [3.8, 4) is 0 Å². The molecule has 0 radical (unpaired) electrons. The smallest absolute Gasteiger partial charge is 0.406 e. The van der Waals surface area contributed by atoms with Gasteiger partial charge in [0.2, 0.25) is 0 Å². The zero-order valence-electron chi connectivity index (χ0n) is 39.9. The minimum atomic E-state index is -2.87. The van der Waals surface area contributed by atoms with Gasteiger partial charge in [0.05, 0.1) is 11.2 Å². The largest absolute Gasteiger partial charge is 0.444 e. The third-order valence-electron chi connectivity index (χ3n) is 12.8. The van der Waals surface area contributed by atoms with E-state index in [9.17, 15) is 0 Å². The monoisotopic (exact) mass is 841 g/mol. The summed E-state index contributed by atoms with van der Waals surface area (Å²) in [4.78, 5) is 0. The lowest BCUT2D eigenvalue weighted by Crippen LogP contribution is -2.72. The Hall–Kier alpha value is -0.0569. The van der Waals surface area contributed by atoms with E-state index in [2.05, 4.69) is 197 Å². The molecule has 0 amide bonds. The van der Waals surface area contributed by atoms with Gasteiger partial charge in [0, 0.05) is 48.4 Å². The van der Waals surface area contributed by atoms with Gasteiger partial charge in [-0.15, -0.1) is 0 Å². The first kappa shape index (κ1) is 47.3. The molecule has 0 aromatic heterocycles. The van der Waals surface area contributed by atoms with E-state index in [0.717, 1.165) is 0 Å². The van der Waals surface area contributed by atoms with E-state index >= 15 is 0 Å². The molecule has 1 fully saturated rings. The van der Waals surface area contributed by atoms with Crippen LogP contribution in [0.2, 0.25) is 124 Å². The Labute approximate surface area is 338 Å². The van der Waals surface area contributed by atoms with Gasteiger partial charge in [-0.2, -0.15) is 0 Å². The van der Waals surface area contributed by atoms with Crippen LogP contribution in [-0.4, -0.2) is 74.3 Å². The van der Waals surface area contributed by atoms with Crippen LogP contribution in [-0.2, 0) is 9.31 Å². The number of benzene rings is 2. The molecule has 0 aliphatic carbocycles. The highest BCUT2D eigenvalue weighted by molar-refractivity contribution is 7.41. The molecular formula is C43H85BO2Si7. The summed E-state index contributed by atoms with van der Waals surface area (Å²) in [7, 11) is -13.1. The molecule has 1 heterocycles. The minimum Gasteiger partial charge on any atom is -0.406 e. The molecule has 0 unspecified atom stereocenters. The lowest BCUT2D eigenvalue weighted by molar-refractivity contribution is 0.00578. The lowest BCUT2D eigenvalue weighted by atomic mass is 9.90. The molecule has 1 aliphatic heterocycles. The van der Waals surface area contributed by atoms with E-state index in [1.165, 1.54) is 16.7 Å². The summed E-state index contributed by atoms with van der Waals surface area (Å²) in [6, 6.07) is 10.7. The second kappa shape index (κ2) is 14.6. The van der Waals surface area contributed by atoms with Crippen molar-refractivity contribution in [1.29, 1.82) is 0 Å². The van der Waals surface area contributed by atoms with E-state index in [1.54, 1.807) is 27.1 Å². The fourth-order valence-electron chi connectivity index (χ4n) is 12.1. The third kappa shape index (κ3) is 9.47. The molecule has 0 N–H and O–H groups in total. The SMILES string of the molecule is Cc1cc(C)c([Si@@](C)(B2OC(C)(C)C(C)(C)O2)c2c(C([Si](C)(C)C)[Si](C)(C)C)cc(C([Si](C)(C)C)[Si](C)(C)C)cc2C([Si](C)(C)C)[Si](C)(C)C)c(C)c1. The van der Waals surface area contributed by atoms with Gasteiger partial charge >= 0.3 is 6.71 Å². The number of hydrogen-bond donors (Lipinski definition) is 0. The summed E-state index contributed by atoms with van der Waals surface area (Å²) < 4.78 is 15.0. The van der Waals surface area contributed by atoms with Crippen molar-refractivity contribution < 1.29 is 9.31 Å². The summed E-state index contributed by atoms with van der Waals surface area (Å²) >= 11 is 0. The van der Waals surface area contributed by atoms with Crippen molar-refractivity contribution in [3.05, 3.63) is 57.6 Å². The van der Waals surface area contributed by atoms with Crippen LogP contribution in [0.15, 0.2) is 24.3 Å². The molecule has 2 nitrogen and oxygen atoms in total. The molecule has 2 aromatic rings. The molecule has 53 heavy (non-hydrogen) atoms. The molecule has 1 aliphatic rings. The molecule has 0 spiro atoms. The molecule has 0 saturated carbocycles. The van der Waals surface area contributed by atoms with Gasteiger partial charge in [-0.3, -0.25) is 0 Å². The Bertz CT molecular complexity index is 1530. The molecule has 3 rings (SSSR count). The average Bonchev–Trinajstić information content (AvgIpc) is 3.04. The van der Waals surface area contributed by atoms with Crippen LogP contribution in [0, 0.1) is 20.8 Å². The highest BCUT2D eigenvalue weighted by atomic mass is 28.4. The molecule has 0 bridgehead atoms. The first-order valence-electron chi connectivity index (χ1n) is 20.8. The number of hydrogen-bond acceptors (Lipinski definition) is 2. The van der Waals surface area contributed by atoms with Gasteiger partial charge < -0.3 is 9.31 Å². The van der Waals surface area contributed by atoms with E-state index < -0.39 is 67.6 Å². The van der Waals surface area contributed by atoms with Gasteiger partial charge in [-0.1, -0.05) is 176 Å². The van der Waals surface area contributed by atoms with Crippen LogP contribution in [0.4, 0.5) is 0 Å². The predicted molar refractivity (Wildman–Crippen MR) is 262 cm³/mol. The third-order valence-corrected chi connectivity index (χ3v) is 45.3. The Morgan fingerprint density at radius 1 is 0.434 bits per heavy atom. The Balaban J connectivity index is 2.96. The average molecular weight is 842 g/mol. The van der Waals surface area contributed by atoms with Gasteiger partial charge in [0.15, 0.2) is 7.94 Å². The summed E-state index contributed by atoms with van der Waals surface area (Å²) in [6.45, 7) is 66.8. The zero-order valence-corrected chi connectivity index (χ0v) is 46.9. The Kier molecular flexibility index (Phi) is 13.1. The fraction of sp³-hybridized carbons (Fsp3) is 0.721. The van der Waals surface area contributed by atoms with Crippen LogP contribution < -0.4 is 10.4 Å². The summed E-state index contributed by atoms with van der Waals surface area (Å²) in [6.07, 6.45) is 0. The van der Waals surface area contributed by atoms with Crippen LogP contribution >= 0.6 is 0 Å². The summed E-state index contributed by atoms with van der Waals surface area (Å²) in [5.74, 6) is 0. The maximum atomic E-state index is 7.48. The first-order chi connectivity index (χ1) is 23.2. The minimum absolute atomic E-state index is 0.284.